The third kappa shape index (κ3) is 3.43. The second-order valence-corrected chi connectivity index (χ2v) is 10.2. The molecule has 34 heavy (non-hydrogen) atoms. The number of ether oxygens (including phenoxy) is 1. The first kappa shape index (κ1) is 21.4. The van der Waals surface area contributed by atoms with Crippen LogP contribution in [-0.2, 0) is 20.7 Å². The first-order chi connectivity index (χ1) is 16.5. The zero-order chi connectivity index (χ0) is 23.4. The van der Waals surface area contributed by atoms with Gasteiger partial charge in [0.15, 0.2) is 0 Å². The molecule has 6 heteroatoms. The number of nitrogens with zero attached hydrogens (tertiary/aromatic N) is 2. The number of fused-ring (bicyclic) bond motifs is 4. The predicted molar refractivity (Wildman–Crippen MR) is 131 cm³/mol. The molecule has 3 atom stereocenters. The van der Waals surface area contributed by atoms with E-state index in [-0.39, 0.29) is 30.5 Å². The van der Waals surface area contributed by atoms with Crippen molar-refractivity contribution in [1.29, 1.82) is 0 Å². The zero-order valence-corrected chi connectivity index (χ0v) is 19.8. The first-order valence-corrected chi connectivity index (χ1v) is 12.4. The molecule has 2 fully saturated rings. The fraction of sp³-hybridized carbons (Fsp3) is 0.429. The number of para-hydroxylation sites is 1. The maximum atomic E-state index is 13.7. The Morgan fingerprint density at radius 2 is 1.88 bits per heavy atom. The van der Waals surface area contributed by atoms with Gasteiger partial charge in [-0.15, -0.1) is 0 Å². The summed E-state index contributed by atoms with van der Waals surface area (Å²) in [5.74, 6) is 0.473. The van der Waals surface area contributed by atoms with Crippen molar-refractivity contribution in [2.75, 3.05) is 19.7 Å². The summed E-state index contributed by atoms with van der Waals surface area (Å²) in [6.07, 6.45) is 2.54. The van der Waals surface area contributed by atoms with E-state index in [1.165, 1.54) is 5.56 Å². The molecule has 4 heterocycles. The number of benzene rings is 2. The fourth-order valence-corrected chi connectivity index (χ4v) is 5.92. The number of carbonyl (C=O) groups excluding carboxylic acids is 2. The number of piperazine rings is 1. The molecule has 2 amide bonds. The van der Waals surface area contributed by atoms with Crippen LogP contribution in [0.5, 0.6) is 0 Å². The van der Waals surface area contributed by atoms with E-state index in [0.717, 1.165) is 47.2 Å². The molecule has 0 radical (unpaired) electrons. The third-order valence-electron chi connectivity index (χ3n) is 7.71. The van der Waals surface area contributed by atoms with E-state index in [4.69, 9.17) is 4.74 Å². The van der Waals surface area contributed by atoms with Gasteiger partial charge in [-0.1, -0.05) is 56.3 Å². The van der Waals surface area contributed by atoms with Crippen LogP contribution >= 0.6 is 0 Å². The summed E-state index contributed by atoms with van der Waals surface area (Å²) in [4.78, 5) is 34.5. The number of carbonyl (C=O) groups is 2. The normalized spacial score (nSPS) is 24.7. The largest absolute Gasteiger partial charge is 0.376 e. The minimum Gasteiger partial charge on any atom is -0.376 e. The summed E-state index contributed by atoms with van der Waals surface area (Å²) in [5, 5.41) is 1.14. The summed E-state index contributed by atoms with van der Waals surface area (Å²) in [7, 11) is 0. The van der Waals surface area contributed by atoms with Gasteiger partial charge >= 0.3 is 0 Å². The second-order valence-electron chi connectivity index (χ2n) is 10.2. The monoisotopic (exact) mass is 457 g/mol. The summed E-state index contributed by atoms with van der Waals surface area (Å²) in [5.41, 5.74) is 5.53. The van der Waals surface area contributed by atoms with E-state index in [1.807, 2.05) is 17.0 Å². The van der Waals surface area contributed by atoms with Gasteiger partial charge in [0.05, 0.1) is 18.7 Å². The molecule has 0 saturated carbocycles. The SMILES string of the molecule is CC(C)c1ccc(C2c3[nH]c4ccccc4c3C[C@H]3C(=O)N(CC4CCCO4)CC(=O)N23)cc1. The first-order valence-electron chi connectivity index (χ1n) is 12.4. The Hall–Kier alpha value is -3.12. The van der Waals surface area contributed by atoms with Crippen LogP contribution in [0, 0.1) is 0 Å². The summed E-state index contributed by atoms with van der Waals surface area (Å²) in [6, 6.07) is 16.0. The lowest BCUT2D eigenvalue weighted by Crippen LogP contribution is -2.63. The quantitative estimate of drug-likeness (QED) is 0.640. The number of hydrogen-bond acceptors (Lipinski definition) is 3. The molecule has 3 aliphatic heterocycles. The third-order valence-corrected chi connectivity index (χ3v) is 7.71. The number of hydrogen-bond donors (Lipinski definition) is 1. The molecule has 2 unspecified atom stereocenters. The van der Waals surface area contributed by atoms with Gasteiger partial charge in [0.25, 0.3) is 0 Å². The Balaban J connectivity index is 1.44. The van der Waals surface area contributed by atoms with Gasteiger partial charge < -0.3 is 19.5 Å². The van der Waals surface area contributed by atoms with Crippen LogP contribution < -0.4 is 0 Å². The molecule has 2 saturated heterocycles. The Bertz CT molecular complexity index is 1240. The highest BCUT2D eigenvalue weighted by Crippen LogP contribution is 2.42. The minimum atomic E-state index is -0.496. The molecule has 1 N–H and O–H groups in total. The maximum Gasteiger partial charge on any atom is 0.246 e. The molecule has 2 aromatic carbocycles. The molecular weight excluding hydrogens is 426 g/mol. The van der Waals surface area contributed by atoms with Crippen LogP contribution in [-0.4, -0.2) is 58.4 Å². The average Bonchev–Trinajstić information content (AvgIpc) is 3.49. The van der Waals surface area contributed by atoms with Gasteiger partial charge in [0, 0.05) is 36.2 Å². The number of nitrogens with one attached hydrogen (secondary N) is 1. The van der Waals surface area contributed by atoms with E-state index in [9.17, 15) is 9.59 Å². The summed E-state index contributed by atoms with van der Waals surface area (Å²) >= 11 is 0. The van der Waals surface area contributed by atoms with Gasteiger partial charge in [0.2, 0.25) is 11.8 Å². The van der Waals surface area contributed by atoms with Gasteiger partial charge in [-0.2, -0.15) is 0 Å². The van der Waals surface area contributed by atoms with E-state index in [0.29, 0.717) is 18.9 Å². The number of aromatic amines is 1. The summed E-state index contributed by atoms with van der Waals surface area (Å²) in [6.45, 7) is 5.71. The lowest BCUT2D eigenvalue weighted by atomic mass is 9.85. The molecule has 0 bridgehead atoms. The summed E-state index contributed by atoms with van der Waals surface area (Å²) < 4.78 is 5.77. The van der Waals surface area contributed by atoms with Crippen molar-refractivity contribution in [3.63, 3.8) is 0 Å². The van der Waals surface area contributed by atoms with Gasteiger partial charge in [-0.25, -0.2) is 0 Å². The highest BCUT2D eigenvalue weighted by atomic mass is 16.5. The number of rotatable bonds is 4. The van der Waals surface area contributed by atoms with Crippen LogP contribution in [0.2, 0.25) is 0 Å². The van der Waals surface area contributed by atoms with Gasteiger partial charge in [0.1, 0.15) is 6.04 Å². The van der Waals surface area contributed by atoms with E-state index in [1.54, 1.807) is 4.90 Å². The van der Waals surface area contributed by atoms with Gasteiger partial charge in [-0.05, 0) is 41.5 Å². The lowest BCUT2D eigenvalue weighted by molar-refractivity contribution is -0.159. The highest BCUT2D eigenvalue weighted by Gasteiger charge is 2.48. The highest BCUT2D eigenvalue weighted by molar-refractivity contribution is 5.97. The zero-order valence-electron chi connectivity index (χ0n) is 19.8. The minimum absolute atomic E-state index is 0.00448. The van der Waals surface area contributed by atoms with Gasteiger partial charge in [-0.3, -0.25) is 9.59 Å². The molecule has 3 aromatic rings. The van der Waals surface area contributed by atoms with E-state index >= 15 is 0 Å². The van der Waals surface area contributed by atoms with Crippen LogP contribution in [0.1, 0.15) is 61.0 Å². The average molecular weight is 458 g/mol. The van der Waals surface area contributed by atoms with Crippen LogP contribution in [0.4, 0.5) is 0 Å². The number of H-pyrrole nitrogens is 1. The molecule has 6 rings (SSSR count). The molecule has 6 nitrogen and oxygen atoms in total. The van der Waals surface area contributed by atoms with Crippen molar-refractivity contribution in [2.24, 2.45) is 0 Å². The molecule has 176 valence electrons. The molecular formula is C28H31N3O3. The van der Waals surface area contributed by atoms with Crippen molar-refractivity contribution >= 4 is 22.7 Å². The van der Waals surface area contributed by atoms with Crippen molar-refractivity contribution < 1.29 is 14.3 Å². The van der Waals surface area contributed by atoms with Crippen molar-refractivity contribution in [2.45, 2.75) is 57.2 Å². The lowest BCUT2D eigenvalue weighted by Gasteiger charge is -2.47. The van der Waals surface area contributed by atoms with Crippen molar-refractivity contribution in [3.05, 3.63) is 70.9 Å². The topological polar surface area (TPSA) is 65.6 Å². The van der Waals surface area contributed by atoms with Crippen molar-refractivity contribution in [3.8, 4) is 0 Å². The Morgan fingerprint density at radius 1 is 1.09 bits per heavy atom. The van der Waals surface area contributed by atoms with E-state index in [2.05, 4.69) is 55.2 Å². The molecule has 3 aliphatic rings. The molecule has 0 aliphatic carbocycles. The maximum absolute atomic E-state index is 13.7. The van der Waals surface area contributed by atoms with Crippen molar-refractivity contribution in [1.82, 2.24) is 14.8 Å². The predicted octanol–water partition coefficient (Wildman–Crippen LogP) is 4.16. The Labute approximate surface area is 199 Å². The second kappa shape index (κ2) is 8.27. The number of amides is 2. The Morgan fingerprint density at radius 3 is 2.62 bits per heavy atom. The standard InChI is InChI=1S/C28H31N3O3/c1-17(2)18-9-11-19(12-10-18)27-26-22(21-7-3-4-8-23(21)29-26)14-24-28(33)30(16-25(32)31(24)27)15-20-6-5-13-34-20/h3-4,7-12,17,20,24,27,29H,5-6,13-16H2,1-2H3/t20?,24-,27?/m0/s1. The van der Waals surface area contributed by atoms with Crippen LogP contribution in [0.25, 0.3) is 10.9 Å². The van der Waals surface area contributed by atoms with Crippen LogP contribution in [0.3, 0.4) is 0 Å². The van der Waals surface area contributed by atoms with Crippen LogP contribution in [0.15, 0.2) is 48.5 Å². The smallest absolute Gasteiger partial charge is 0.246 e. The fourth-order valence-electron chi connectivity index (χ4n) is 5.92. The number of aromatic nitrogens is 1. The molecule has 1 aromatic heterocycles. The Kier molecular flexibility index (Phi) is 5.21. The van der Waals surface area contributed by atoms with E-state index < -0.39 is 6.04 Å². The molecule has 0 spiro atoms.